The van der Waals surface area contributed by atoms with Crippen LogP contribution in [0.3, 0.4) is 0 Å². The van der Waals surface area contributed by atoms with Gasteiger partial charge in [-0.3, -0.25) is 15.6 Å². The van der Waals surface area contributed by atoms with Gasteiger partial charge in [-0.15, -0.1) is 36.2 Å². The molecular formula is C25H30Cl2N4O3S. The van der Waals surface area contributed by atoms with Crippen LogP contribution in [0.2, 0.25) is 0 Å². The summed E-state index contributed by atoms with van der Waals surface area (Å²) in [4.78, 5) is 15.1. The number of likely N-dealkylation sites (tertiary alicyclic amines) is 1. The predicted octanol–water partition coefficient (Wildman–Crippen LogP) is 5.28. The first kappa shape index (κ1) is 28.4. The Labute approximate surface area is 221 Å². The molecule has 1 aliphatic rings. The summed E-state index contributed by atoms with van der Waals surface area (Å²) < 4.78 is 6.99. The number of fused-ring (bicyclic) bond motifs is 1. The van der Waals surface area contributed by atoms with E-state index >= 15 is 0 Å². The first-order valence-electron chi connectivity index (χ1n) is 11.0. The van der Waals surface area contributed by atoms with Crippen LogP contribution >= 0.6 is 36.2 Å². The first-order valence-corrected chi connectivity index (χ1v) is 11.8. The number of amidine groups is 2. The van der Waals surface area contributed by atoms with Gasteiger partial charge in [0.2, 0.25) is 0 Å². The Hall–Kier alpha value is -2.81. The van der Waals surface area contributed by atoms with Gasteiger partial charge in [-0.25, -0.2) is 0 Å². The van der Waals surface area contributed by atoms with Crippen molar-refractivity contribution in [3.05, 3.63) is 64.5 Å². The molecule has 1 fully saturated rings. The normalized spacial score (nSPS) is 15.7. The molecule has 1 saturated heterocycles. The van der Waals surface area contributed by atoms with E-state index in [1.807, 2.05) is 48.5 Å². The van der Waals surface area contributed by atoms with Crippen LogP contribution in [0, 0.1) is 10.8 Å². The molecule has 0 bridgehead atoms. The van der Waals surface area contributed by atoms with Crippen molar-refractivity contribution >= 4 is 63.9 Å². The summed E-state index contributed by atoms with van der Waals surface area (Å²) in [6, 6.07) is 15.1. The number of halogens is 2. The van der Waals surface area contributed by atoms with Crippen molar-refractivity contribution < 1.29 is 14.6 Å². The van der Waals surface area contributed by atoms with Gasteiger partial charge in [0.15, 0.2) is 0 Å². The number of nitrogen functional groups attached to an aromatic ring is 1. The summed E-state index contributed by atoms with van der Waals surface area (Å²) in [6.45, 7) is 3.22. The molecule has 7 nitrogen and oxygen atoms in total. The maximum absolute atomic E-state index is 12.1. The van der Waals surface area contributed by atoms with E-state index in [9.17, 15) is 9.90 Å². The Morgan fingerprint density at radius 2 is 1.91 bits per heavy atom. The minimum Gasteiger partial charge on any atom is -0.491 e. The third-order valence-electron chi connectivity index (χ3n) is 6.11. The molecular weight excluding hydrogens is 507 g/mol. The molecule has 5 N–H and O–H groups in total. The van der Waals surface area contributed by atoms with Crippen LogP contribution < -0.4 is 10.5 Å². The van der Waals surface area contributed by atoms with Crippen LogP contribution in [-0.2, 0) is 11.2 Å². The summed E-state index contributed by atoms with van der Waals surface area (Å²) in [5, 5.41) is 26.3. The molecule has 2 aromatic carbocycles. The first-order chi connectivity index (χ1) is 15.8. The van der Waals surface area contributed by atoms with Crippen molar-refractivity contribution in [1.82, 2.24) is 4.90 Å². The van der Waals surface area contributed by atoms with Gasteiger partial charge in [0.05, 0.1) is 17.8 Å². The maximum atomic E-state index is 12.1. The Morgan fingerprint density at radius 3 is 2.54 bits per heavy atom. The van der Waals surface area contributed by atoms with Crippen LogP contribution in [0.15, 0.2) is 48.5 Å². The minimum absolute atomic E-state index is 0. The van der Waals surface area contributed by atoms with Gasteiger partial charge in [0.1, 0.15) is 18.2 Å². The average molecular weight is 538 g/mol. The number of thiophene rings is 1. The van der Waals surface area contributed by atoms with Gasteiger partial charge in [0, 0.05) is 21.7 Å². The largest absolute Gasteiger partial charge is 0.491 e. The van der Waals surface area contributed by atoms with E-state index in [0.29, 0.717) is 30.2 Å². The molecule has 3 aromatic rings. The number of hydrogen-bond acceptors (Lipinski definition) is 5. The summed E-state index contributed by atoms with van der Waals surface area (Å²) in [5.74, 6) is -0.238. The second-order valence-corrected chi connectivity index (χ2v) is 9.60. The zero-order valence-electron chi connectivity index (χ0n) is 19.3. The lowest BCUT2D eigenvalue weighted by Gasteiger charge is -2.25. The van der Waals surface area contributed by atoms with E-state index in [1.165, 1.54) is 0 Å². The summed E-state index contributed by atoms with van der Waals surface area (Å²) in [5.41, 5.74) is 6.98. The number of rotatable bonds is 8. The van der Waals surface area contributed by atoms with E-state index < -0.39 is 11.9 Å². The van der Waals surface area contributed by atoms with Crippen molar-refractivity contribution in [3.63, 3.8) is 0 Å². The molecule has 0 aliphatic carbocycles. The third-order valence-corrected chi connectivity index (χ3v) is 7.25. The molecule has 35 heavy (non-hydrogen) atoms. The Kier molecular flexibility index (Phi) is 9.94. The van der Waals surface area contributed by atoms with Crippen molar-refractivity contribution in [1.29, 1.82) is 10.8 Å². The highest BCUT2D eigenvalue weighted by molar-refractivity contribution is 7.19. The van der Waals surface area contributed by atoms with Crippen molar-refractivity contribution in [3.8, 4) is 5.75 Å². The molecule has 4 rings (SSSR count). The number of nitrogens with one attached hydrogen (secondary N) is 2. The smallest absolute Gasteiger partial charge is 0.311 e. The van der Waals surface area contributed by atoms with E-state index in [4.69, 9.17) is 21.3 Å². The monoisotopic (exact) mass is 536 g/mol. The van der Waals surface area contributed by atoms with Crippen molar-refractivity contribution in [2.24, 2.45) is 5.73 Å². The maximum Gasteiger partial charge on any atom is 0.311 e. The molecule has 10 heteroatoms. The van der Waals surface area contributed by atoms with Crippen LogP contribution in [0.1, 0.15) is 41.7 Å². The Morgan fingerprint density at radius 1 is 1.20 bits per heavy atom. The zero-order chi connectivity index (χ0) is 23.5. The fourth-order valence-corrected chi connectivity index (χ4v) is 5.44. The van der Waals surface area contributed by atoms with Crippen LogP contribution in [0.25, 0.3) is 10.1 Å². The van der Waals surface area contributed by atoms with Gasteiger partial charge in [-0.1, -0.05) is 12.1 Å². The van der Waals surface area contributed by atoms with Gasteiger partial charge in [0.25, 0.3) is 0 Å². The van der Waals surface area contributed by atoms with Gasteiger partial charge in [-0.05, 0) is 73.5 Å². The number of carboxylic acids is 1. The fraction of sp³-hybridized carbons (Fsp3) is 0.320. The van der Waals surface area contributed by atoms with Gasteiger partial charge in [-0.2, -0.15) is 0 Å². The van der Waals surface area contributed by atoms with Crippen molar-refractivity contribution in [2.75, 3.05) is 13.2 Å². The van der Waals surface area contributed by atoms with Crippen LogP contribution in [0.4, 0.5) is 0 Å². The van der Waals surface area contributed by atoms with Crippen molar-refractivity contribution in [2.45, 2.75) is 38.1 Å². The quantitative estimate of drug-likeness (QED) is 0.230. The Balaban J connectivity index is 0.00000216. The number of aliphatic carboxylic acids is 1. The van der Waals surface area contributed by atoms with E-state index in [1.54, 1.807) is 18.3 Å². The predicted molar refractivity (Wildman–Crippen MR) is 146 cm³/mol. The number of ether oxygens (including phenoxy) is 1. The number of carboxylic acid groups (broad SMARTS) is 1. The second kappa shape index (κ2) is 12.2. The highest BCUT2D eigenvalue weighted by Gasteiger charge is 2.26. The fourth-order valence-electron chi connectivity index (χ4n) is 4.35. The molecule has 2 atom stereocenters. The van der Waals surface area contributed by atoms with E-state index in [0.717, 1.165) is 39.9 Å². The van der Waals surface area contributed by atoms with Crippen LogP contribution in [0.5, 0.6) is 5.75 Å². The summed E-state index contributed by atoms with van der Waals surface area (Å²) in [7, 11) is 0. The number of nitrogens with two attached hydrogens (primary N) is 1. The molecule has 2 unspecified atom stereocenters. The standard InChI is InChI=1S/C25H28N4O3S.2ClH/c1-15(26)29-10-2-3-19(29)14-32-20-7-4-16(5-8-20)22(25(30)31)13-21-12-18-11-17(24(27)28)6-9-23(18)33-21;;/h4-9,11-12,19,22,26H,2-3,10,13-14H2,1H3,(H3,27,28)(H,30,31);2*1H. The minimum atomic E-state index is -0.867. The third kappa shape index (κ3) is 6.66. The van der Waals surface area contributed by atoms with E-state index in [-0.39, 0.29) is 36.7 Å². The van der Waals surface area contributed by atoms with Crippen LogP contribution in [-0.4, -0.2) is 46.8 Å². The molecule has 0 radical (unpaired) electrons. The number of benzene rings is 2. The van der Waals surface area contributed by atoms with E-state index in [2.05, 4.69) is 4.90 Å². The molecule has 0 spiro atoms. The highest BCUT2D eigenvalue weighted by Crippen LogP contribution is 2.32. The Bertz CT molecular complexity index is 1200. The lowest BCUT2D eigenvalue weighted by Crippen LogP contribution is -2.37. The molecule has 1 aliphatic heterocycles. The van der Waals surface area contributed by atoms with Gasteiger partial charge < -0.3 is 20.5 Å². The summed E-state index contributed by atoms with van der Waals surface area (Å²) in [6.07, 6.45) is 2.47. The second-order valence-electron chi connectivity index (χ2n) is 8.43. The molecule has 2 heterocycles. The molecule has 1 aromatic heterocycles. The SMILES string of the molecule is CC(=N)N1CCCC1COc1ccc(C(Cc2cc3cc(C(=N)N)ccc3s2)C(=O)O)cc1.Cl.Cl. The summed E-state index contributed by atoms with van der Waals surface area (Å²) >= 11 is 1.56. The highest BCUT2D eigenvalue weighted by atomic mass is 35.5. The topological polar surface area (TPSA) is 123 Å². The lowest BCUT2D eigenvalue weighted by atomic mass is 9.95. The molecule has 0 saturated carbocycles. The number of nitrogens with zero attached hydrogens (tertiary/aromatic N) is 1. The number of hydrogen-bond donors (Lipinski definition) is 4. The number of carbonyl (C=O) groups is 1. The molecule has 0 amide bonds. The zero-order valence-corrected chi connectivity index (χ0v) is 21.8. The lowest BCUT2D eigenvalue weighted by molar-refractivity contribution is -0.138. The van der Waals surface area contributed by atoms with Gasteiger partial charge >= 0.3 is 5.97 Å². The average Bonchev–Trinajstić information content (AvgIpc) is 3.42. The molecule has 188 valence electrons.